The molecule has 0 aromatic carbocycles. The molecule has 218 valence electrons. The average molecular weight is 559 g/mol. The maximum Gasteiger partial charge on any atom is 0.224 e. The standard InChI is InChI=1S/C30H42N10O/c1-39-8-10-40(11-9-39)27-4-7-33-30-23(27)15-25(36-30)29-22-14-24(34-18-26(22)37-38-29)20-13-21(17-32-16-20)35-28(41)12-19-2-5-31-6-3-19/h4,7,13,15-17,19,22,24,26,29,31,34,37-38H,2-3,5-6,8-12,14,18H2,1H3,(H,33,36)(H,35,41). The van der Waals surface area contributed by atoms with Gasteiger partial charge in [0.05, 0.1) is 17.9 Å². The lowest BCUT2D eigenvalue weighted by atomic mass is 9.81. The maximum atomic E-state index is 12.7. The summed E-state index contributed by atoms with van der Waals surface area (Å²) in [6.45, 7) is 7.07. The highest BCUT2D eigenvalue weighted by atomic mass is 16.1. The van der Waals surface area contributed by atoms with Crippen LogP contribution in [0.1, 0.15) is 49.0 Å². The second-order valence-corrected chi connectivity index (χ2v) is 12.3. The van der Waals surface area contributed by atoms with Crippen LogP contribution in [0.4, 0.5) is 11.4 Å². The largest absolute Gasteiger partial charge is 0.368 e. The molecule has 0 spiro atoms. The van der Waals surface area contributed by atoms with E-state index in [2.05, 4.69) is 76.8 Å². The molecule has 0 bridgehead atoms. The monoisotopic (exact) mass is 558 g/mol. The van der Waals surface area contributed by atoms with Crippen LogP contribution < -0.4 is 31.7 Å². The molecular formula is C30H42N10O. The van der Waals surface area contributed by atoms with E-state index in [1.807, 2.05) is 12.4 Å². The molecule has 3 aromatic heterocycles. The number of hydrogen-bond acceptors (Lipinski definition) is 9. The van der Waals surface area contributed by atoms with Gasteiger partial charge in [-0.05, 0) is 69.1 Å². The van der Waals surface area contributed by atoms with Gasteiger partial charge >= 0.3 is 0 Å². The molecule has 4 aliphatic heterocycles. The topological polar surface area (TPSA) is 125 Å². The van der Waals surface area contributed by atoms with Crippen molar-refractivity contribution in [2.75, 3.05) is 63.1 Å². The first-order valence-electron chi connectivity index (χ1n) is 15.2. The number of carbonyl (C=O) groups is 1. The van der Waals surface area contributed by atoms with Crippen molar-refractivity contribution in [2.45, 2.75) is 43.8 Å². The van der Waals surface area contributed by atoms with Crippen molar-refractivity contribution in [2.24, 2.45) is 11.8 Å². The van der Waals surface area contributed by atoms with Gasteiger partial charge in [0.1, 0.15) is 5.65 Å². The molecular weight excluding hydrogens is 516 g/mol. The summed E-state index contributed by atoms with van der Waals surface area (Å²) in [5, 5.41) is 11.4. The third-order valence-electron chi connectivity index (χ3n) is 9.55. The zero-order chi connectivity index (χ0) is 27.8. The summed E-state index contributed by atoms with van der Waals surface area (Å²) in [4.78, 5) is 30.4. The van der Waals surface area contributed by atoms with Crippen molar-refractivity contribution >= 4 is 28.3 Å². The summed E-state index contributed by atoms with van der Waals surface area (Å²) in [6.07, 6.45) is 9.27. The van der Waals surface area contributed by atoms with E-state index in [9.17, 15) is 4.79 Å². The lowest BCUT2D eigenvalue weighted by Gasteiger charge is -2.34. The quantitative estimate of drug-likeness (QED) is 0.269. The Kier molecular flexibility index (Phi) is 7.61. The molecule has 7 heterocycles. The molecule has 0 aliphatic carbocycles. The van der Waals surface area contributed by atoms with Crippen molar-refractivity contribution in [3.63, 3.8) is 0 Å². The lowest BCUT2D eigenvalue weighted by molar-refractivity contribution is -0.117. The molecule has 7 rings (SSSR count). The maximum absolute atomic E-state index is 12.7. The van der Waals surface area contributed by atoms with Crippen molar-refractivity contribution in [3.8, 4) is 0 Å². The zero-order valence-electron chi connectivity index (χ0n) is 23.8. The Bertz CT molecular complexity index is 1360. The second-order valence-electron chi connectivity index (χ2n) is 12.3. The summed E-state index contributed by atoms with van der Waals surface area (Å²) in [5.74, 6) is 0.931. The highest BCUT2D eigenvalue weighted by molar-refractivity contribution is 5.91. The van der Waals surface area contributed by atoms with Gasteiger partial charge < -0.3 is 30.7 Å². The number of H-pyrrole nitrogens is 1. The molecule has 11 heteroatoms. The molecule has 4 aliphatic rings. The van der Waals surface area contributed by atoms with E-state index < -0.39 is 0 Å². The van der Waals surface area contributed by atoms with Crippen LogP contribution in [-0.4, -0.2) is 84.7 Å². The Morgan fingerprint density at radius 3 is 2.80 bits per heavy atom. The van der Waals surface area contributed by atoms with E-state index in [0.29, 0.717) is 24.3 Å². The average Bonchev–Trinajstić information content (AvgIpc) is 3.62. The van der Waals surface area contributed by atoms with E-state index in [0.717, 1.165) is 82.0 Å². The number of hydrogen-bond donors (Lipinski definition) is 6. The first-order valence-corrected chi connectivity index (χ1v) is 15.2. The number of anilines is 2. The molecule has 11 nitrogen and oxygen atoms in total. The third-order valence-corrected chi connectivity index (χ3v) is 9.55. The lowest BCUT2D eigenvalue weighted by Crippen LogP contribution is -2.46. The number of nitrogens with one attached hydrogen (secondary N) is 6. The van der Waals surface area contributed by atoms with Crippen molar-refractivity contribution in [1.82, 2.24) is 41.3 Å². The summed E-state index contributed by atoms with van der Waals surface area (Å²) in [6, 6.07) is 7.19. The molecule has 41 heavy (non-hydrogen) atoms. The molecule has 4 saturated heterocycles. The number of piperidine rings is 2. The summed E-state index contributed by atoms with van der Waals surface area (Å²) in [7, 11) is 2.19. The van der Waals surface area contributed by atoms with Gasteiger partial charge in [-0.25, -0.2) is 10.4 Å². The highest BCUT2D eigenvalue weighted by Crippen LogP contribution is 2.40. The van der Waals surface area contributed by atoms with E-state index in [1.54, 1.807) is 6.20 Å². The second kappa shape index (κ2) is 11.7. The molecule has 0 saturated carbocycles. The van der Waals surface area contributed by atoms with Crippen LogP contribution in [0.25, 0.3) is 11.0 Å². The molecule has 4 fully saturated rings. The van der Waals surface area contributed by atoms with Gasteiger partial charge in [0, 0.05) is 86.3 Å². The number of aromatic amines is 1. The molecule has 4 atom stereocenters. The first-order chi connectivity index (χ1) is 20.1. The van der Waals surface area contributed by atoms with Crippen LogP contribution in [0, 0.1) is 11.8 Å². The number of likely N-dealkylation sites (N-methyl/N-ethyl adjacent to an activating group) is 1. The van der Waals surface area contributed by atoms with Gasteiger partial charge in [0.25, 0.3) is 0 Å². The minimum absolute atomic E-state index is 0.0835. The normalized spacial score (nSPS) is 27.7. The van der Waals surface area contributed by atoms with Crippen LogP contribution in [0.15, 0.2) is 36.8 Å². The Hall–Kier alpha value is -3.09. The number of nitrogens with zero attached hydrogens (tertiary/aromatic N) is 4. The number of fused-ring (bicyclic) bond motifs is 2. The van der Waals surface area contributed by atoms with Crippen molar-refractivity contribution in [1.29, 1.82) is 0 Å². The van der Waals surface area contributed by atoms with Crippen LogP contribution in [0.3, 0.4) is 0 Å². The van der Waals surface area contributed by atoms with E-state index in [-0.39, 0.29) is 18.0 Å². The Labute approximate surface area is 241 Å². The Morgan fingerprint density at radius 1 is 1.10 bits per heavy atom. The third kappa shape index (κ3) is 5.69. The number of rotatable bonds is 6. The zero-order valence-corrected chi connectivity index (χ0v) is 23.8. The van der Waals surface area contributed by atoms with Gasteiger partial charge in [-0.2, -0.15) is 0 Å². The molecule has 3 aromatic rings. The molecule has 1 amide bonds. The van der Waals surface area contributed by atoms with E-state index in [4.69, 9.17) is 0 Å². The van der Waals surface area contributed by atoms with Crippen LogP contribution >= 0.6 is 0 Å². The summed E-state index contributed by atoms with van der Waals surface area (Å²) < 4.78 is 0. The van der Waals surface area contributed by atoms with Crippen molar-refractivity contribution < 1.29 is 4.79 Å². The Morgan fingerprint density at radius 2 is 1.95 bits per heavy atom. The summed E-state index contributed by atoms with van der Waals surface area (Å²) >= 11 is 0. The number of carbonyl (C=O) groups excluding carboxylic acids is 1. The number of aromatic nitrogens is 3. The predicted molar refractivity (Wildman–Crippen MR) is 161 cm³/mol. The van der Waals surface area contributed by atoms with Gasteiger partial charge in [-0.3, -0.25) is 15.2 Å². The van der Waals surface area contributed by atoms with Gasteiger partial charge in [-0.15, -0.1) is 0 Å². The number of amides is 1. The molecule has 4 unspecified atom stereocenters. The highest BCUT2D eigenvalue weighted by Gasteiger charge is 2.42. The fourth-order valence-electron chi connectivity index (χ4n) is 7.13. The van der Waals surface area contributed by atoms with E-state index in [1.165, 1.54) is 16.8 Å². The SMILES string of the molecule is CN1CCN(c2ccnc3[nH]c(C4NNC5CNC(c6cncc(NC(=O)CC7CCNCC7)c6)CC54)cc23)CC1. The fourth-order valence-corrected chi connectivity index (χ4v) is 7.13. The number of hydrazine groups is 1. The predicted octanol–water partition coefficient (Wildman–Crippen LogP) is 1.91. The van der Waals surface area contributed by atoms with Crippen LogP contribution in [0.5, 0.6) is 0 Å². The minimum Gasteiger partial charge on any atom is -0.368 e. The van der Waals surface area contributed by atoms with Crippen LogP contribution in [-0.2, 0) is 4.79 Å². The summed E-state index contributed by atoms with van der Waals surface area (Å²) in [5.41, 5.74) is 12.4. The van der Waals surface area contributed by atoms with Crippen molar-refractivity contribution in [3.05, 3.63) is 48.0 Å². The van der Waals surface area contributed by atoms with Gasteiger partial charge in [0.15, 0.2) is 0 Å². The minimum atomic E-state index is 0.0835. The van der Waals surface area contributed by atoms with Gasteiger partial charge in [0.2, 0.25) is 5.91 Å². The molecule has 6 N–H and O–H groups in total. The van der Waals surface area contributed by atoms with E-state index >= 15 is 0 Å². The first kappa shape index (κ1) is 26.8. The number of pyridine rings is 2. The smallest absolute Gasteiger partial charge is 0.224 e. The van der Waals surface area contributed by atoms with Gasteiger partial charge in [-0.1, -0.05) is 0 Å². The van der Waals surface area contributed by atoms with Crippen LogP contribution in [0.2, 0.25) is 0 Å². The fraction of sp³-hybridized carbons (Fsp3) is 0.567. The molecule has 0 radical (unpaired) electrons. The Balaban J connectivity index is 1.05. The number of piperazine rings is 1.